The standard InChI is InChI=1S/C14H20N4O2S/c19-12-10(6-1-2-7-15-12)16-13(20)18-14-17-11(8-21-14)9-4-3-5-9/h8-10H,1-7H2,(H,15,19)(H2,16,17,18,20)/t10-/m1/s1. The first-order chi connectivity index (χ1) is 10.2. The Kier molecular flexibility index (Phi) is 4.38. The van der Waals surface area contributed by atoms with E-state index in [0.717, 1.165) is 18.5 Å². The van der Waals surface area contributed by atoms with Crippen molar-refractivity contribution in [1.29, 1.82) is 0 Å². The van der Waals surface area contributed by atoms with Crippen molar-refractivity contribution < 1.29 is 9.59 Å². The molecule has 7 heteroatoms. The van der Waals surface area contributed by atoms with Crippen molar-refractivity contribution in [2.45, 2.75) is 50.5 Å². The van der Waals surface area contributed by atoms with Crippen molar-refractivity contribution in [3.8, 4) is 0 Å². The minimum atomic E-state index is -0.446. The van der Waals surface area contributed by atoms with Crippen LogP contribution in [-0.2, 0) is 4.79 Å². The maximum absolute atomic E-state index is 12.0. The Morgan fingerprint density at radius 3 is 2.90 bits per heavy atom. The number of rotatable bonds is 3. The summed E-state index contributed by atoms with van der Waals surface area (Å²) < 4.78 is 0. The normalized spacial score (nSPS) is 22.9. The zero-order valence-electron chi connectivity index (χ0n) is 11.9. The van der Waals surface area contributed by atoms with E-state index in [1.807, 2.05) is 5.38 Å². The lowest BCUT2D eigenvalue weighted by molar-refractivity contribution is -0.122. The molecule has 1 aromatic rings. The number of nitrogens with one attached hydrogen (secondary N) is 3. The summed E-state index contributed by atoms with van der Waals surface area (Å²) in [5.41, 5.74) is 1.08. The first kappa shape index (κ1) is 14.3. The lowest BCUT2D eigenvalue weighted by Gasteiger charge is -2.22. The van der Waals surface area contributed by atoms with E-state index in [9.17, 15) is 9.59 Å². The van der Waals surface area contributed by atoms with Crippen LogP contribution < -0.4 is 16.0 Å². The molecule has 0 bridgehead atoms. The molecule has 1 aliphatic heterocycles. The number of carbonyl (C=O) groups is 2. The number of aromatic nitrogens is 1. The molecule has 1 aromatic heterocycles. The molecule has 0 radical (unpaired) electrons. The zero-order chi connectivity index (χ0) is 14.7. The highest BCUT2D eigenvalue weighted by molar-refractivity contribution is 7.13. The summed E-state index contributed by atoms with van der Waals surface area (Å²) in [6.45, 7) is 0.690. The van der Waals surface area contributed by atoms with E-state index in [2.05, 4.69) is 20.9 Å². The number of thiazole rings is 1. The number of carbonyl (C=O) groups excluding carboxylic acids is 2. The summed E-state index contributed by atoms with van der Waals surface area (Å²) in [6, 6.07) is -0.801. The number of anilines is 1. The molecule has 2 aliphatic rings. The van der Waals surface area contributed by atoms with Crippen LogP contribution in [-0.4, -0.2) is 29.5 Å². The number of amides is 3. The molecule has 1 aliphatic carbocycles. The highest BCUT2D eigenvalue weighted by Crippen LogP contribution is 2.37. The fraction of sp³-hybridized carbons (Fsp3) is 0.643. The van der Waals surface area contributed by atoms with Crippen molar-refractivity contribution in [2.24, 2.45) is 0 Å². The van der Waals surface area contributed by atoms with Crippen molar-refractivity contribution in [3.63, 3.8) is 0 Å². The fourth-order valence-corrected chi connectivity index (χ4v) is 3.39. The molecule has 6 nitrogen and oxygen atoms in total. The van der Waals surface area contributed by atoms with Crippen LogP contribution in [0.15, 0.2) is 5.38 Å². The van der Waals surface area contributed by atoms with Crippen LogP contribution in [0, 0.1) is 0 Å². The van der Waals surface area contributed by atoms with Gasteiger partial charge in [-0.15, -0.1) is 11.3 Å². The highest BCUT2D eigenvalue weighted by atomic mass is 32.1. The van der Waals surface area contributed by atoms with Crippen LogP contribution in [0.3, 0.4) is 0 Å². The van der Waals surface area contributed by atoms with E-state index in [0.29, 0.717) is 24.0 Å². The molecule has 0 unspecified atom stereocenters. The summed E-state index contributed by atoms with van der Waals surface area (Å²) in [5, 5.41) is 10.9. The predicted molar refractivity (Wildman–Crippen MR) is 81.5 cm³/mol. The molecule has 2 fully saturated rings. The molecule has 0 aromatic carbocycles. The lowest BCUT2D eigenvalue weighted by atomic mass is 9.83. The summed E-state index contributed by atoms with van der Waals surface area (Å²) in [6.07, 6.45) is 6.23. The molecule has 1 saturated heterocycles. The van der Waals surface area contributed by atoms with Gasteiger partial charge in [-0.3, -0.25) is 10.1 Å². The minimum Gasteiger partial charge on any atom is -0.354 e. The van der Waals surface area contributed by atoms with E-state index in [-0.39, 0.29) is 11.9 Å². The van der Waals surface area contributed by atoms with Crippen molar-refractivity contribution in [2.75, 3.05) is 11.9 Å². The van der Waals surface area contributed by atoms with Crippen LogP contribution >= 0.6 is 11.3 Å². The molecule has 114 valence electrons. The first-order valence-electron chi connectivity index (χ1n) is 7.53. The van der Waals surface area contributed by atoms with Gasteiger partial charge in [-0.1, -0.05) is 6.42 Å². The van der Waals surface area contributed by atoms with Gasteiger partial charge in [0.25, 0.3) is 0 Å². The predicted octanol–water partition coefficient (Wildman–Crippen LogP) is 2.20. The third-order valence-electron chi connectivity index (χ3n) is 4.11. The van der Waals surface area contributed by atoms with Crippen molar-refractivity contribution in [1.82, 2.24) is 15.6 Å². The second-order valence-corrected chi connectivity index (χ2v) is 6.50. The van der Waals surface area contributed by atoms with E-state index >= 15 is 0 Å². The Morgan fingerprint density at radius 1 is 1.29 bits per heavy atom. The van der Waals surface area contributed by atoms with E-state index in [1.165, 1.54) is 30.6 Å². The molecule has 3 rings (SSSR count). The van der Waals surface area contributed by atoms with Crippen molar-refractivity contribution in [3.05, 3.63) is 11.1 Å². The number of urea groups is 1. The van der Waals surface area contributed by atoms with Crippen LogP contribution in [0.2, 0.25) is 0 Å². The maximum atomic E-state index is 12.0. The van der Waals surface area contributed by atoms with Gasteiger partial charge in [-0.25, -0.2) is 9.78 Å². The molecule has 3 N–H and O–H groups in total. The average molecular weight is 308 g/mol. The summed E-state index contributed by atoms with van der Waals surface area (Å²) in [7, 11) is 0. The highest BCUT2D eigenvalue weighted by Gasteiger charge is 2.24. The third kappa shape index (κ3) is 3.53. The van der Waals surface area contributed by atoms with Gasteiger partial charge in [0.1, 0.15) is 6.04 Å². The van der Waals surface area contributed by atoms with Crippen molar-refractivity contribution >= 4 is 28.4 Å². The molecule has 3 amide bonds. The van der Waals surface area contributed by atoms with Crippen LogP contribution in [0.1, 0.15) is 50.1 Å². The molecule has 0 spiro atoms. The Labute approximate surface area is 127 Å². The monoisotopic (exact) mass is 308 g/mol. The summed E-state index contributed by atoms with van der Waals surface area (Å²) in [4.78, 5) is 28.2. The van der Waals surface area contributed by atoms with E-state index in [1.54, 1.807) is 0 Å². The Balaban J connectivity index is 1.53. The van der Waals surface area contributed by atoms with Gasteiger partial charge in [-0.2, -0.15) is 0 Å². The van der Waals surface area contributed by atoms with E-state index < -0.39 is 6.04 Å². The number of hydrogen-bond acceptors (Lipinski definition) is 4. The molecule has 21 heavy (non-hydrogen) atoms. The second kappa shape index (κ2) is 6.43. The van der Waals surface area contributed by atoms with Crippen LogP contribution in [0.25, 0.3) is 0 Å². The Morgan fingerprint density at radius 2 is 2.14 bits per heavy atom. The minimum absolute atomic E-state index is 0.100. The fourth-order valence-electron chi connectivity index (χ4n) is 2.60. The van der Waals surface area contributed by atoms with E-state index in [4.69, 9.17) is 0 Å². The molecule has 1 atom stereocenters. The molecular weight excluding hydrogens is 288 g/mol. The van der Waals surface area contributed by atoms with Gasteiger partial charge in [-0.05, 0) is 32.1 Å². The number of nitrogens with zero attached hydrogens (tertiary/aromatic N) is 1. The summed E-state index contributed by atoms with van der Waals surface area (Å²) >= 11 is 1.44. The lowest BCUT2D eigenvalue weighted by Crippen LogP contribution is -2.47. The third-order valence-corrected chi connectivity index (χ3v) is 4.88. The quantitative estimate of drug-likeness (QED) is 0.800. The van der Waals surface area contributed by atoms with Gasteiger partial charge in [0.15, 0.2) is 5.13 Å². The average Bonchev–Trinajstić information content (AvgIpc) is 2.72. The summed E-state index contributed by atoms with van der Waals surface area (Å²) in [5.74, 6) is 0.462. The topological polar surface area (TPSA) is 83.1 Å². The maximum Gasteiger partial charge on any atom is 0.321 e. The smallest absolute Gasteiger partial charge is 0.321 e. The van der Waals surface area contributed by atoms with Gasteiger partial charge in [0.05, 0.1) is 5.69 Å². The van der Waals surface area contributed by atoms with Crippen LogP contribution in [0.4, 0.5) is 9.93 Å². The number of hydrogen-bond donors (Lipinski definition) is 3. The SMILES string of the molecule is O=C(Nc1nc(C2CCC2)cs1)N[C@@H]1CCCCNC1=O. The molecular formula is C14H20N4O2S. The zero-order valence-corrected chi connectivity index (χ0v) is 12.7. The van der Waals surface area contributed by atoms with Gasteiger partial charge in [0.2, 0.25) is 5.91 Å². The Bertz CT molecular complexity index is 527. The molecule has 2 heterocycles. The van der Waals surface area contributed by atoms with Gasteiger partial charge in [0, 0.05) is 17.8 Å². The largest absolute Gasteiger partial charge is 0.354 e. The van der Waals surface area contributed by atoms with Gasteiger partial charge < -0.3 is 10.6 Å². The first-order valence-corrected chi connectivity index (χ1v) is 8.41. The Hall–Kier alpha value is -1.63. The molecule has 1 saturated carbocycles. The van der Waals surface area contributed by atoms with Crippen LogP contribution in [0.5, 0.6) is 0 Å². The second-order valence-electron chi connectivity index (χ2n) is 5.64. The van der Waals surface area contributed by atoms with Gasteiger partial charge >= 0.3 is 6.03 Å².